The average molecular weight is 420 g/mol. The summed E-state index contributed by atoms with van der Waals surface area (Å²) in [6.07, 6.45) is -1.58. The maximum atomic E-state index is 15.4. The maximum Gasteiger partial charge on any atom is 0.338 e. The summed E-state index contributed by atoms with van der Waals surface area (Å²) < 4.78 is 28.5. The van der Waals surface area contributed by atoms with Gasteiger partial charge in [0.25, 0.3) is 0 Å². The summed E-state index contributed by atoms with van der Waals surface area (Å²) in [5.74, 6) is -0.716. The third kappa shape index (κ3) is 3.20. The van der Waals surface area contributed by atoms with Crippen LogP contribution >= 0.6 is 11.6 Å². The fraction of sp³-hybridized carbons (Fsp3) is 0.368. The zero-order valence-corrected chi connectivity index (χ0v) is 16.5. The lowest BCUT2D eigenvalue weighted by Crippen LogP contribution is -2.45. The van der Waals surface area contributed by atoms with Crippen molar-refractivity contribution >= 4 is 34.7 Å². The van der Waals surface area contributed by atoms with Crippen LogP contribution in [-0.2, 0) is 9.47 Å². The lowest BCUT2D eigenvalue weighted by atomic mass is 9.96. The molecule has 0 unspecified atom stereocenters. The van der Waals surface area contributed by atoms with E-state index >= 15 is 4.39 Å². The van der Waals surface area contributed by atoms with Crippen molar-refractivity contribution < 1.29 is 18.7 Å². The standard InChI is InChI=1S/C19H19ClFN5O3/c1-3-11-13(21)19(2,29-16(27)10-7-5-4-6-8-10)17(28-11)26-9-23-12-14(20)24-18(22)25-15(12)26/h4-9,11,13,17H,3H2,1-2H3,(H2,22,24,25)/t11-,13-,17-,19-/m1/s1. The molecule has 4 atom stereocenters. The van der Waals surface area contributed by atoms with Crippen molar-refractivity contribution in [3.8, 4) is 0 Å². The smallest absolute Gasteiger partial charge is 0.338 e. The highest BCUT2D eigenvalue weighted by Crippen LogP contribution is 2.45. The number of benzene rings is 1. The molecule has 0 saturated carbocycles. The molecule has 1 aliphatic heterocycles. The highest BCUT2D eigenvalue weighted by molar-refractivity contribution is 6.33. The number of anilines is 1. The highest BCUT2D eigenvalue weighted by Gasteiger charge is 2.58. The number of carbonyl (C=O) groups excluding carboxylic acids is 1. The predicted molar refractivity (Wildman–Crippen MR) is 104 cm³/mol. The molecule has 8 nitrogen and oxygen atoms in total. The molecule has 0 amide bonds. The molecule has 4 rings (SSSR count). The second kappa shape index (κ2) is 7.23. The number of nitrogens with zero attached hydrogens (tertiary/aromatic N) is 4. The van der Waals surface area contributed by atoms with Gasteiger partial charge in [-0.15, -0.1) is 0 Å². The molecule has 3 heterocycles. The van der Waals surface area contributed by atoms with Crippen LogP contribution in [0, 0.1) is 0 Å². The van der Waals surface area contributed by atoms with Gasteiger partial charge in [-0.2, -0.15) is 9.97 Å². The van der Waals surface area contributed by atoms with Crippen molar-refractivity contribution in [2.45, 2.75) is 44.4 Å². The molecule has 0 bridgehead atoms. The number of imidazole rings is 1. The molecule has 0 radical (unpaired) electrons. The van der Waals surface area contributed by atoms with Crippen molar-refractivity contribution in [1.82, 2.24) is 19.5 Å². The first-order chi connectivity index (χ1) is 13.8. The Morgan fingerprint density at radius 2 is 2.10 bits per heavy atom. The molecular weight excluding hydrogens is 401 g/mol. The zero-order chi connectivity index (χ0) is 20.8. The van der Waals surface area contributed by atoms with Gasteiger partial charge in [0, 0.05) is 0 Å². The number of rotatable bonds is 4. The number of fused-ring (bicyclic) bond motifs is 1. The normalized spacial score (nSPS) is 26.7. The van der Waals surface area contributed by atoms with Gasteiger partial charge in [0.1, 0.15) is 5.52 Å². The minimum atomic E-state index is -1.63. The third-order valence-electron chi connectivity index (χ3n) is 5.04. The lowest BCUT2D eigenvalue weighted by molar-refractivity contribution is -0.0974. The van der Waals surface area contributed by atoms with Crippen molar-refractivity contribution in [3.63, 3.8) is 0 Å². The van der Waals surface area contributed by atoms with E-state index in [0.29, 0.717) is 12.0 Å². The monoisotopic (exact) mass is 419 g/mol. The largest absolute Gasteiger partial charge is 0.448 e. The van der Waals surface area contributed by atoms with E-state index in [1.165, 1.54) is 17.8 Å². The summed E-state index contributed by atoms with van der Waals surface area (Å²) in [6, 6.07) is 8.38. The van der Waals surface area contributed by atoms with Crippen molar-refractivity contribution in [1.29, 1.82) is 0 Å². The van der Waals surface area contributed by atoms with E-state index in [0.717, 1.165) is 0 Å². The van der Waals surface area contributed by atoms with Crippen molar-refractivity contribution in [3.05, 3.63) is 47.4 Å². The fourth-order valence-corrected chi connectivity index (χ4v) is 3.75. The van der Waals surface area contributed by atoms with Crippen LogP contribution in [-0.4, -0.2) is 43.4 Å². The molecule has 1 saturated heterocycles. The number of halogens is 2. The summed E-state index contributed by atoms with van der Waals surface area (Å²) in [5, 5.41) is 0.0658. The predicted octanol–water partition coefficient (Wildman–Crippen LogP) is 3.32. The van der Waals surface area contributed by atoms with Gasteiger partial charge in [-0.25, -0.2) is 14.2 Å². The summed E-state index contributed by atoms with van der Waals surface area (Å²) in [4.78, 5) is 24.9. The van der Waals surface area contributed by atoms with Crippen LogP contribution in [0.4, 0.5) is 10.3 Å². The Morgan fingerprint density at radius 3 is 2.79 bits per heavy atom. The van der Waals surface area contributed by atoms with Crippen LogP contribution in [0.25, 0.3) is 11.2 Å². The van der Waals surface area contributed by atoms with E-state index in [1.807, 2.05) is 0 Å². The van der Waals surface area contributed by atoms with Gasteiger partial charge >= 0.3 is 5.97 Å². The van der Waals surface area contributed by atoms with Gasteiger partial charge in [0.15, 0.2) is 28.8 Å². The first-order valence-electron chi connectivity index (χ1n) is 9.08. The minimum Gasteiger partial charge on any atom is -0.448 e. The lowest BCUT2D eigenvalue weighted by Gasteiger charge is -2.31. The molecular formula is C19H19ClFN5O3. The number of nitrogen functional groups attached to an aromatic ring is 1. The molecule has 29 heavy (non-hydrogen) atoms. The van der Waals surface area contributed by atoms with Crippen LogP contribution in [0.2, 0.25) is 5.15 Å². The molecule has 3 aromatic rings. The van der Waals surface area contributed by atoms with E-state index in [9.17, 15) is 4.79 Å². The van der Waals surface area contributed by atoms with Crippen LogP contribution in [0.3, 0.4) is 0 Å². The van der Waals surface area contributed by atoms with E-state index in [4.69, 9.17) is 26.8 Å². The van der Waals surface area contributed by atoms with Gasteiger partial charge in [-0.05, 0) is 25.5 Å². The van der Waals surface area contributed by atoms with E-state index in [-0.39, 0.29) is 22.3 Å². The molecule has 152 valence electrons. The van der Waals surface area contributed by atoms with Crippen LogP contribution in [0.5, 0.6) is 0 Å². The molecule has 1 fully saturated rings. The molecule has 0 aliphatic carbocycles. The van der Waals surface area contributed by atoms with Gasteiger partial charge < -0.3 is 15.2 Å². The Kier molecular flexibility index (Phi) is 4.87. The molecule has 1 aromatic carbocycles. The third-order valence-corrected chi connectivity index (χ3v) is 5.30. The highest BCUT2D eigenvalue weighted by atomic mass is 35.5. The van der Waals surface area contributed by atoms with Gasteiger partial charge in [-0.1, -0.05) is 36.7 Å². The number of hydrogen-bond acceptors (Lipinski definition) is 7. The number of aromatic nitrogens is 4. The number of hydrogen-bond donors (Lipinski definition) is 1. The molecule has 2 aromatic heterocycles. The Hall–Kier alpha value is -2.78. The van der Waals surface area contributed by atoms with Crippen molar-refractivity contribution in [2.75, 3.05) is 5.73 Å². The SMILES string of the molecule is CC[C@H]1O[C@@H](n2cnc3c(Cl)nc(N)nc32)[C@](C)(OC(=O)c2ccccc2)[C@@H]1F. The van der Waals surface area contributed by atoms with E-state index in [1.54, 1.807) is 37.3 Å². The topological polar surface area (TPSA) is 105 Å². The number of ether oxygens (including phenoxy) is 2. The molecule has 10 heteroatoms. The summed E-state index contributed by atoms with van der Waals surface area (Å²) in [6.45, 7) is 3.29. The maximum absolute atomic E-state index is 15.4. The van der Waals surface area contributed by atoms with Gasteiger partial charge in [0.05, 0.1) is 18.0 Å². The van der Waals surface area contributed by atoms with Crippen molar-refractivity contribution in [2.24, 2.45) is 0 Å². The number of nitrogens with two attached hydrogens (primary N) is 1. The van der Waals surface area contributed by atoms with Crippen LogP contribution in [0.1, 0.15) is 36.9 Å². The van der Waals surface area contributed by atoms with E-state index in [2.05, 4.69) is 15.0 Å². The first kappa shape index (κ1) is 19.5. The molecule has 2 N–H and O–H groups in total. The minimum absolute atomic E-state index is 0.0610. The summed E-state index contributed by atoms with van der Waals surface area (Å²) in [5.41, 5.74) is 4.94. The quantitative estimate of drug-likeness (QED) is 0.510. The zero-order valence-electron chi connectivity index (χ0n) is 15.8. The number of alkyl halides is 1. The van der Waals surface area contributed by atoms with Gasteiger partial charge in [0.2, 0.25) is 5.95 Å². The Bertz CT molecular complexity index is 1060. The second-order valence-corrected chi connectivity index (χ2v) is 7.33. The molecule has 1 aliphatic rings. The second-order valence-electron chi connectivity index (χ2n) is 6.97. The number of carbonyl (C=O) groups is 1. The van der Waals surface area contributed by atoms with Gasteiger partial charge in [-0.3, -0.25) is 4.57 Å². The summed E-state index contributed by atoms with van der Waals surface area (Å²) >= 11 is 6.10. The fourth-order valence-electron chi connectivity index (χ4n) is 3.53. The Morgan fingerprint density at radius 1 is 1.38 bits per heavy atom. The van der Waals surface area contributed by atoms with Crippen LogP contribution in [0.15, 0.2) is 36.7 Å². The van der Waals surface area contributed by atoms with E-state index < -0.39 is 30.1 Å². The Balaban J connectivity index is 1.78. The average Bonchev–Trinajstić information content (AvgIpc) is 3.22. The first-order valence-corrected chi connectivity index (χ1v) is 9.46. The molecule has 0 spiro atoms. The Labute approximate surface area is 170 Å². The number of esters is 1. The summed E-state index contributed by atoms with van der Waals surface area (Å²) in [7, 11) is 0. The van der Waals surface area contributed by atoms with Crippen LogP contribution < -0.4 is 5.73 Å².